The summed E-state index contributed by atoms with van der Waals surface area (Å²) in [5.41, 5.74) is -5.12. The van der Waals surface area contributed by atoms with Gasteiger partial charge in [0.15, 0.2) is 11.7 Å². The zero-order valence-corrected chi connectivity index (χ0v) is 29.6. The van der Waals surface area contributed by atoms with Gasteiger partial charge in [0.05, 0.1) is 5.92 Å². The molecule has 0 amide bonds. The van der Waals surface area contributed by atoms with Gasteiger partial charge in [0.2, 0.25) is 6.29 Å². The van der Waals surface area contributed by atoms with E-state index in [0.717, 1.165) is 0 Å². The van der Waals surface area contributed by atoms with Crippen LogP contribution in [-0.2, 0) is 61.9 Å². The molecule has 0 aromatic carbocycles. The molecule has 13 atom stereocenters. The first-order valence-electron chi connectivity index (χ1n) is 16.6. The third-order valence-electron chi connectivity index (χ3n) is 11.8. The monoisotopic (exact) mass is 676 g/mol. The molecular formula is C35H48O13. The van der Waals surface area contributed by atoms with Crippen LogP contribution >= 0.6 is 0 Å². The molecule has 0 spiro atoms. The normalized spacial score (nSPS) is 43.3. The molecule has 266 valence electrons. The fourth-order valence-electron chi connectivity index (χ4n) is 10.3. The van der Waals surface area contributed by atoms with E-state index in [2.05, 4.69) is 13.8 Å². The van der Waals surface area contributed by atoms with Crippen LogP contribution < -0.4 is 0 Å². The van der Waals surface area contributed by atoms with Crippen molar-refractivity contribution >= 4 is 35.8 Å². The van der Waals surface area contributed by atoms with Gasteiger partial charge in [-0.05, 0) is 56.8 Å². The lowest BCUT2D eigenvalue weighted by Crippen LogP contribution is -2.66. The van der Waals surface area contributed by atoms with Gasteiger partial charge in [-0.25, -0.2) is 4.79 Å². The molecular weight excluding hydrogens is 628 g/mol. The second-order valence-electron chi connectivity index (χ2n) is 15.1. The maximum absolute atomic E-state index is 14.0. The molecule has 5 rings (SSSR count). The summed E-state index contributed by atoms with van der Waals surface area (Å²) in [5, 5.41) is 0. The van der Waals surface area contributed by atoms with Gasteiger partial charge in [-0.1, -0.05) is 26.8 Å². The minimum Gasteiger partial charge on any atom is -0.462 e. The summed E-state index contributed by atoms with van der Waals surface area (Å²) < 4.78 is 44.1. The number of hydrogen-bond donors (Lipinski definition) is 0. The van der Waals surface area contributed by atoms with E-state index in [1.165, 1.54) is 34.6 Å². The zero-order valence-electron chi connectivity index (χ0n) is 29.6. The SMILES string of the molecule is C/C=C(\C)C(=O)O[C@@H]1[C@H]2[C@@H](OC(C)=O)[C@@H](C)CC2(OC(C)=O)[C@H](OC(C)=O)[C@@]2(C)O[C@H](OC(C)=O)C13[C@@H](OC(C)=O)C[C@H]1[C@@H]([C@H]32)C1(C)C. The Labute approximate surface area is 280 Å². The van der Waals surface area contributed by atoms with E-state index in [0.29, 0.717) is 6.42 Å². The smallest absolute Gasteiger partial charge is 0.333 e. The number of ether oxygens (including phenoxy) is 7. The molecule has 5 aliphatic rings. The van der Waals surface area contributed by atoms with Crippen LogP contribution in [0, 0.1) is 40.4 Å². The van der Waals surface area contributed by atoms with Gasteiger partial charge in [-0.2, -0.15) is 0 Å². The van der Waals surface area contributed by atoms with Gasteiger partial charge >= 0.3 is 35.8 Å². The number of allylic oxidation sites excluding steroid dienone is 1. The Bertz CT molecular complexity index is 1450. The molecule has 13 heteroatoms. The first-order chi connectivity index (χ1) is 22.2. The average Bonchev–Trinajstić information content (AvgIpc) is 3.24. The summed E-state index contributed by atoms with van der Waals surface area (Å²) in [6, 6.07) is 0. The first kappa shape index (κ1) is 35.8. The third kappa shape index (κ3) is 5.13. The molecule has 0 radical (unpaired) electrons. The quantitative estimate of drug-likeness (QED) is 0.218. The summed E-state index contributed by atoms with van der Waals surface area (Å²) in [4.78, 5) is 78.8. The molecule has 1 heterocycles. The molecule has 2 unspecified atom stereocenters. The van der Waals surface area contributed by atoms with Crippen molar-refractivity contribution in [1.82, 2.24) is 0 Å². The zero-order chi connectivity index (χ0) is 35.9. The summed E-state index contributed by atoms with van der Waals surface area (Å²) in [7, 11) is 0. The molecule has 4 aliphatic carbocycles. The van der Waals surface area contributed by atoms with E-state index in [1.54, 1.807) is 33.8 Å². The summed E-state index contributed by atoms with van der Waals surface area (Å²) in [6.07, 6.45) is -4.49. The van der Waals surface area contributed by atoms with Crippen molar-refractivity contribution in [3.63, 3.8) is 0 Å². The number of fused-ring (bicyclic) bond motifs is 2. The highest BCUT2D eigenvalue weighted by Gasteiger charge is 2.89. The summed E-state index contributed by atoms with van der Waals surface area (Å²) in [6.45, 7) is 17.0. The van der Waals surface area contributed by atoms with Crippen LogP contribution in [0.2, 0.25) is 0 Å². The predicted octanol–water partition coefficient (Wildman–Crippen LogP) is 3.59. The van der Waals surface area contributed by atoms with Gasteiger partial charge in [-0.3, -0.25) is 24.0 Å². The van der Waals surface area contributed by atoms with Gasteiger partial charge in [0.25, 0.3) is 0 Å². The van der Waals surface area contributed by atoms with Crippen LogP contribution in [0.25, 0.3) is 0 Å². The van der Waals surface area contributed by atoms with Crippen LogP contribution in [0.5, 0.6) is 0 Å². The van der Waals surface area contributed by atoms with Crippen LogP contribution in [0.4, 0.5) is 0 Å². The highest BCUT2D eigenvalue weighted by molar-refractivity contribution is 5.88. The minimum atomic E-state index is -1.78. The molecule has 0 N–H and O–H groups in total. The molecule has 1 saturated heterocycles. The highest BCUT2D eigenvalue weighted by atomic mass is 16.7. The lowest BCUT2D eigenvalue weighted by atomic mass is 9.56. The molecule has 13 nitrogen and oxygen atoms in total. The van der Waals surface area contributed by atoms with E-state index >= 15 is 0 Å². The second kappa shape index (κ2) is 11.8. The third-order valence-corrected chi connectivity index (χ3v) is 11.8. The van der Waals surface area contributed by atoms with Crippen molar-refractivity contribution in [2.75, 3.05) is 0 Å². The number of esters is 6. The Hall–Kier alpha value is -3.48. The number of rotatable bonds is 7. The molecule has 0 aromatic rings. The Morgan fingerprint density at radius 2 is 1.33 bits per heavy atom. The molecule has 0 aromatic heterocycles. The van der Waals surface area contributed by atoms with Gasteiger partial charge in [-0.15, -0.1) is 0 Å². The van der Waals surface area contributed by atoms with E-state index in [1.807, 2.05) is 0 Å². The second-order valence-corrected chi connectivity index (χ2v) is 15.1. The average molecular weight is 677 g/mol. The van der Waals surface area contributed by atoms with Crippen molar-refractivity contribution in [1.29, 1.82) is 0 Å². The number of carbonyl (C=O) groups excluding carboxylic acids is 6. The van der Waals surface area contributed by atoms with Gasteiger partial charge < -0.3 is 33.2 Å². The number of hydrogen-bond acceptors (Lipinski definition) is 13. The van der Waals surface area contributed by atoms with E-state index in [9.17, 15) is 28.8 Å². The fraction of sp³-hybridized carbons (Fsp3) is 0.771. The molecule has 48 heavy (non-hydrogen) atoms. The van der Waals surface area contributed by atoms with Crippen molar-refractivity contribution < 1.29 is 61.9 Å². The van der Waals surface area contributed by atoms with E-state index in [-0.39, 0.29) is 29.2 Å². The highest BCUT2D eigenvalue weighted by Crippen LogP contribution is 2.80. The molecule has 1 aliphatic heterocycles. The van der Waals surface area contributed by atoms with E-state index in [4.69, 9.17) is 33.2 Å². The first-order valence-corrected chi connectivity index (χ1v) is 16.6. The lowest BCUT2D eigenvalue weighted by molar-refractivity contribution is -0.292. The van der Waals surface area contributed by atoms with Crippen molar-refractivity contribution in [3.8, 4) is 0 Å². The Morgan fingerprint density at radius 3 is 1.85 bits per heavy atom. The maximum Gasteiger partial charge on any atom is 0.333 e. The maximum atomic E-state index is 14.0. The van der Waals surface area contributed by atoms with Crippen LogP contribution in [0.1, 0.15) is 89.0 Å². The lowest BCUT2D eigenvalue weighted by Gasteiger charge is -2.52. The Morgan fingerprint density at radius 1 is 0.750 bits per heavy atom. The molecule has 4 saturated carbocycles. The minimum absolute atomic E-state index is 0.0172. The van der Waals surface area contributed by atoms with E-state index < -0.39 is 101 Å². The fourth-order valence-corrected chi connectivity index (χ4v) is 10.3. The largest absolute Gasteiger partial charge is 0.462 e. The van der Waals surface area contributed by atoms with Crippen LogP contribution in [0.15, 0.2) is 11.6 Å². The van der Waals surface area contributed by atoms with Crippen LogP contribution in [0.3, 0.4) is 0 Å². The summed E-state index contributed by atoms with van der Waals surface area (Å²) >= 11 is 0. The molecule has 2 bridgehead atoms. The van der Waals surface area contributed by atoms with Gasteiger partial charge in [0, 0.05) is 46.1 Å². The number of carbonyl (C=O) groups is 6. The topological polar surface area (TPSA) is 167 Å². The Balaban J connectivity index is 1.96. The van der Waals surface area contributed by atoms with Gasteiger partial charge in [0.1, 0.15) is 29.3 Å². The van der Waals surface area contributed by atoms with Crippen LogP contribution in [-0.4, -0.2) is 77.7 Å². The standard InChI is InChI=1S/C35H48O13/c1-12-15(2)29(41)46-28-25-26(43-18(5)37)16(3)14-34(25,47-21(8)40)30(44-19(6)38)33(11)27-24-22(32(24,9)10)13-23(42-17(4)36)35(27,28)31(48-33)45-20(7)39/h12,16,22-28,30-31H,13-14H2,1-11H3/b15-12+/t16-,22-,23-,24-,25+,26-,27-,28+,30+,31-,33-,34?,35?/m0/s1. The van der Waals surface area contributed by atoms with Crippen molar-refractivity contribution in [2.24, 2.45) is 40.4 Å². The Kier molecular flexibility index (Phi) is 8.83. The van der Waals surface area contributed by atoms with Crippen molar-refractivity contribution in [2.45, 2.75) is 131 Å². The molecule has 5 fully saturated rings. The van der Waals surface area contributed by atoms with Crippen molar-refractivity contribution in [3.05, 3.63) is 11.6 Å². The predicted molar refractivity (Wildman–Crippen MR) is 164 cm³/mol. The summed E-state index contributed by atoms with van der Waals surface area (Å²) in [5.74, 6) is -6.85.